The molecule has 1 aliphatic carbocycles. The Labute approximate surface area is 178 Å². The first-order chi connectivity index (χ1) is 14.4. The molecule has 0 aromatic heterocycles. The third kappa shape index (κ3) is 13.6. The van der Waals surface area contributed by atoms with Crippen LogP contribution in [0.2, 0.25) is 0 Å². The zero-order valence-corrected chi connectivity index (χ0v) is 18.6. The van der Waals surface area contributed by atoms with E-state index in [9.17, 15) is 0 Å². The third-order valence-electron chi connectivity index (χ3n) is 5.34. The highest BCUT2D eigenvalue weighted by atomic mass is 16.5. The van der Waals surface area contributed by atoms with Crippen molar-refractivity contribution in [3.8, 4) is 11.5 Å². The number of ether oxygens (including phenoxy) is 3. The molecule has 1 saturated carbocycles. The van der Waals surface area contributed by atoms with Crippen LogP contribution in [-0.2, 0) is 4.74 Å². The van der Waals surface area contributed by atoms with E-state index in [0.29, 0.717) is 19.4 Å². The van der Waals surface area contributed by atoms with E-state index in [1.54, 1.807) is 0 Å². The molecule has 4 nitrogen and oxygen atoms in total. The molecule has 0 saturated heterocycles. The zero-order valence-electron chi connectivity index (χ0n) is 18.6. The number of hydrogen-bond donors (Lipinski definition) is 1. The molecule has 1 aliphatic rings. The van der Waals surface area contributed by atoms with Gasteiger partial charge in [0.1, 0.15) is 11.5 Å². The molecule has 1 aromatic rings. The molecule has 1 aromatic carbocycles. The van der Waals surface area contributed by atoms with E-state index in [4.69, 9.17) is 14.2 Å². The van der Waals surface area contributed by atoms with Gasteiger partial charge in [-0.25, -0.2) is 0 Å². The molecule has 1 fully saturated rings. The number of benzene rings is 1. The van der Waals surface area contributed by atoms with Crippen LogP contribution in [0.15, 0.2) is 24.3 Å². The van der Waals surface area contributed by atoms with Crippen LogP contribution in [0.5, 0.6) is 11.5 Å². The minimum Gasteiger partial charge on any atom is -0.494 e. The predicted octanol–water partition coefficient (Wildman–Crippen LogP) is 6.48. The van der Waals surface area contributed by atoms with Gasteiger partial charge in [-0.3, -0.25) is 5.32 Å². The molecule has 4 heteroatoms. The molecule has 0 spiro atoms. The number of unbranched alkanes of at least 4 members (excludes halogenated alkanes) is 9. The van der Waals surface area contributed by atoms with Crippen molar-refractivity contribution in [2.75, 3.05) is 26.6 Å². The van der Waals surface area contributed by atoms with Gasteiger partial charge < -0.3 is 14.2 Å². The molecule has 0 radical (unpaired) electrons. The maximum absolute atomic E-state index is 5.84. The highest BCUT2D eigenvalue weighted by molar-refractivity contribution is 5.31. The van der Waals surface area contributed by atoms with Crippen molar-refractivity contribution in [1.29, 1.82) is 0 Å². The van der Waals surface area contributed by atoms with Gasteiger partial charge in [0.2, 0.25) is 0 Å². The largest absolute Gasteiger partial charge is 0.494 e. The first-order valence-electron chi connectivity index (χ1n) is 12.1. The quantitative estimate of drug-likeness (QED) is 0.199. The van der Waals surface area contributed by atoms with E-state index in [0.717, 1.165) is 37.6 Å². The Kier molecular flexibility index (Phi) is 13.7. The fourth-order valence-corrected chi connectivity index (χ4v) is 3.30. The SMILES string of the molecule is CCCCCCCCCCCCOc1ccc(OCCCOCNC2CC2)cc1. The molecule has 2 rings (SSSR count). The topological polar surface area (TPSA) is 39.7 Å². The van der Waals surface area contributed by atoms with Crippen LogP contribution in [0.25, 0.3) is 0 Å². The van der Waals surface area contributed by atoms with Crippen LogP contribution in [0.4, 0.5) is 0 Å². The average molecular weight is 406 g/mol. The molecule has 0 heterocycles. The minimum atomic E-state index is 0.662. The lowest BCUT2D eigenvalue weighted by atomic mass is 10.1. The normalized spacial score (nSPS) is 13.6. The predicted molar refractivity (Wildman–Crippen MR) is 121 cm³/mol. The second-order valence-electron chi connectivity index (χ2n) is 8.23. The van der Waals surface area contributed by atoms with Gasteiger partial charge in [0.05, 0.1) is 26.6 Å². The van der Waals surface area contributed by atoms with Gasteiger partial charge in [0, 0.05) is 12.5 Å². The molecule has 0 aliphatic heterocycles. The van der Waals surface area contributed by atoms with Gasteiger partial charge in [-0.2, -0.15) is 0 Å². The molecular formula is C25H43NO3. The lowest BCUT2D eigenvalue weighted by Gasteiger charge is -2.09. The number of rotatable bonds is 20. The van der Waals surface area contributed by atoms with Crippen molar-refractivity contribution in [2.45, 2.75) is 96.4 Å². The summed E-state index contributed by atoms with van der Waals surface area (Å²) in [5, 5.41) is 3.34. The molecule has 1 N–H and O–H groups in total. The monoisotopic (exact) mass is 405 g/mol. The Bertz CT molecular complexity index is 487. The van der Waals surface area contributed by atoms with Crippen LogP contribution in [0, 0.1) is 0 Å². The fourth-order valence-electron chi connectivity index (χ4n) is 3.30. The van der Waals surface area contributed by atoms with Gasteiger partial charge in [-0.15, -0.1) is 0 Å². The standard InChI is InChI=1S/C25H43NO3/c1-2-3-4-5-6-7-8-9-10-11-20-28-24-15-17-25(18-16-24)29-21-12-19-27-22-26-23-13-14-23/h15-18,23,26H,2-14,19-22H2,1H3. The number of hydrogen-bond acceptors (Lipinski definition) is 4. The smallest absolute Gasteiger partial charge is 0.119 e. The van der Waals surface area contributed by atoms with Crippen molar-refractivity contribution in [3.05, 3.63) is 24.3 Å². The summed E-state index contributed by atoms with van der Waals surface area (Å²) in [6.07, 6.45) is 17.0. The lowest BCUT2D eigenvalue weighted by molar-refractivity contribution is 0.103. The van der Waals surface area contributed by atoms with Crippen LogP contribution >= 0.6 is 0 Å². The maximum atomic E-state index is 5.84. The van der Waals surface area contributed by atoms with Crippen molar-refractivity contribution < 1.29 is 14.2 Å². The van der Waals surface area contributed by atoms with Crippen molar-refractivity contribution in [1.82, 2.24) is 5.32 Å². The summed E-state index contributed by atoms with van der Waals surface area (Å²) in [6, 6.07) is 8.69. The number of nitrogens with one attached hydrogen (secondary N) is 1. The Hall–Kier alpha value is -1.26. The summed E-state index contributed by atoms with van der Waals surface area (Å²) < 4.78 is 17.1. The zero-order chi connectivity index (χ0) is 20.4. The van der Waals surface area contributed by atoms with E-state index in [2.05, 4.69) is 12.2 Å². The molecule has 0 amide bonds. The summed E-state index contributed by atoms with van der Waals surface area (Å²) in [7, 11) is 0. The molecule has 0 unspecified atom stereocenters. The molecule has 29 heavy (non-hydrogen) atoms. The van der Waals surface area contributed by atoms with E-state index < -0.39 is 0 Å². The van der Waals surface area contributed by atoms with E-state index in [-0.39, 0.29) is 0 Å². The van der Waals surface area contributed by atoms with Gasteiger partial charge in [0.25, 0.3) is 0 Å². The minimum absolute atomic E-state index is 0.662. The van der Waals surface area contributed by atoms with Gasteiger partial charge in [-0.05, 0) is 43.5 Å². The first kappa shape index (κ1) is 24.0. The van der Waals surface area contributed by atoms with Crippen molar-refractivity contribution in [3.63, 3.8) is 0 Å². The van der Waals surface area contributed by atoms with E-state index in [1.807, 2.05) is 24.3 Å². The summed E-state index contributed by atoms with van der Waals surface area (Å²) in [4.78, 5) is 0. The summed E-state index contributed by atoms with van der Waals surface area (Å²) in [5.74, 6) is 1.83. The third-order valence-corrected chi connectivity index (χ3v) is 5.34. The molecule has 0 bridgehead atoms. The van der Waals surface area contributed by atoms with Crippen LogP contribution < -0.4 is 14.8 Å². The van der Waals surface area contributed by atoms with Gasteiger partial charge >= 0.3 is 0 Å². The van der Waals surface area contributed by atoms with Crippen LogP contribution in [-0.4, -0.2) is 32.6 Å². The summed E-state index contributed by atoms with van der Waals surface area (Å²) in [6.45, 7) is 5.16. The average Bonchev–Trinajstić information content (AvgIpc) is 3.57. The molecule has 166 valence electrons. The fraction of sp³-hybridized carbons (Fsp3) is 0.760. The van der Waals surface area contributed by atoms with Gasteiger partial charge in [0.15, 0.2) is 0 Å². The molecular weight excluding hydrogens is 362 g/mol. The second kappa shape index (κ2) is 16.5. The Morgan fingerprint density at radius 1 is 0.690 bits per heavy atom. The summed E-state index contributed by atoms with van der Waals surface area (Å²) in [5.41, 5.74) is 0. The highest BCUT2D eigenvalue weighted by Gasteiger charge is 2.19. The molecule has 0 atom stereocenters. The van der Waals surface area contributed by atoms with Crippen LogP contribution in [0.3, 0.4) is 0 Å². The maximum Gasteiger partial charge on any atom is 0.119 e. The Balaban J connectivity index is 1.36. The van der Waals surface area contributed by atoms with E-state index in [1.165, 1.54) is 70.6 Å². The van der Waals surface area contributed by atoms with E-state index >= 15 is 0 Å². The van der Waals surface area contributed by atoms with Crippen molar-refractivity contribution >= 4 is 0 Å². The van der Waals surface area contributed by atoms with Gasteiger partial charge in [-0.1, -0.05) is 64.7 Å². The Morgan fingerprint density at radius 2 is 1.21 bits per heavy atom. The van der Waals surface area contributed by atoms with Crippen molar-refractivity contribution in [2.24, 2.45) is 0 Å². The first-order valence-corrected chi connectivity index (χ1v) is 12.1. The second-order valence-corrected chi connectivity index (χ2v) is 8.23. The van der Waals surface area contributed by atoms with Crippen LogP contribution in [0.1, 0.15) is 90.4 Å². The summed E-state index contributed by atoms with van der Waals surface area (Å²) >= 11 is 0. The highest BCUT2D eigenvalue weighted by Crippen LogP contribution is 2.19. The Morgan fingerprint density at radius 3 is 1.76 bits per heavy atom. The lowest BCUT2D eigenvalue weighted by Crippen LogP contribution is -2.20.